The maximum Gasteiger partial charge on any atom is 0.163 e. The SMILES string of the molecule is COc1c(C)ccc(CO)c1O. The maximum atomic E-state index is 9.48. The van der Waals surface area contributed by atoms with Crippen molar-refractivity contribution in [3.63, 3.8) is 0 Å². The topological polar surface area (TPSA) is 49.7 Å². The maximum absolute atomic E-state index is 9.48. The van der Waals surface area contributed by atoms with Crippen LogP contribution >= 0.6 is 0 Å². The van der Waals surface area contributed by atoms with Crippen LogP contribution in [0.15, 0.2) is 12.1 Å². The van der Waals surface area contributed by atoms with Crippen LogP contribution in [0.3, 0.4) is 0 Å². The van der Waals surface area contributed by atoms with Crippen molar-refractivity contribution < 1.29 is 14.9 Å². The summed E-state index contributed by atoms with van der Waals surface area (Å²) in [6.07, 6.45) is 0. The molecule has 1 rings (SSSR count). The number of aliphatic hydroxyl groups excluding tert-OH is 1. The fraction of sp³-hybridized carbons (Fsp3) is 0.333. The summed E-state index contributed by atoms with van der Waals surface area (Å²) in [5.41, 5.74) is 1.34. The van der Waals surface area contributed by atoms with Crippen molar-refractivity contribution >= 4 is 0 Å². The molecule has 3 nitrogen and oxygen atoms in total. The summed E-state index contributed by atoms with van der Waals surface area (Å²) >= 11 is 0. The summed E-state index contributed by atoms with van der Waals surface area (Å²) in [6.45, 7) is 1.65. The second-order valence-corrected chi connectivity index (χ2v) is 2.58. The Morgan fingerprint density at radius 1 is 1.42 bits per heavy atom. The van der Waals surface area contributed by atoms with Crippen LogP contribution in [-0.2, 0) is 6.61 Å². The van der Waals surface area contributed by atoms with Crippen LogP contribution in [0.1, 0.15) is 11.1 Å². The van der Waals surface area contributed by atoms with E-state index in [2.05, 4.69) is 0 Å². The molecule has 0 aliphatic heterocycles. The zero-order chi connectivity index (χ0) is 9.14. The molecule has 1 aromatic rings. The van der Waals surface area contributed by atoms with Crippen molar-refractivity contribution in [2.24, 2.45) is 0 Å². The van der Waals surface area contributed by atoms with E-state index in [1.54, 1.807) is 12.1 Å². The van der Waals surface area contributed by atoms with Gasteiger partial charge in [-0.05, 0) is 12.5 Å². The Hall–Kier alpha value is -1.22. The van der Waals surface area contributed by atoms with Crippen LogP contribution < -0.4 is 4.74 Å². The quantitative estimate of drug-likeness (QED) is 0.697. The van der Waals surface area contributed by atoms with Crippen LogP contribution in [0.4, 0.5) is 0 Å². The highest BCUT2D eigenvalue weighted by Gasteiger charge is 2.08. The van der Waals surface area contributed by atoms with Crippen molar-refractivity contribution in [2.75, 3.05) is 7.11 Å². The molecule has 0 saturated heterocycles. The van der Waals surface area contributed by atoms with Crippen molar-refractivity contribution in [3.05, 3.63) is 23.3 Å². The smallest absolute Gasteiger partial charge is 0.163 e. The fourth-order valence-electron chi connectivity index (χ4n) is 1.10. The third kappa shape index (κ3) is 1.36. The second-order valence-electron chi connectivity index (χ2n) is 2.58. The van der Waals surface area contributed by atoms with Crippen LogP contribution in [0.2, 0.25) is 0 Å². The molecule has 0 heterocycles. The Morgan fingerprint density at radius 2 is 2.08 bits per heavy atom. The number of ether oxygens (including phenoxy) is 1. The lowest BCUT2D eigenvalue weighted by molar-refractivity contribution is 0.272. The number of aryl methyl sites for hydroxylation is 1. The van der Waals surface area contributed by atoms with E-state index in [9.17, 15) is 5.11 Å². The lowest BCUT2D eigenvalue weighted by Crippen LogP contribution is -1.92. The Morgan fingerprint density at radius 3 is 2.58 bits per heavy atom. The molecule has 0 aromatic heterocycles. The highest BCUT2D eigenvalue weighted by molar-refractivity contribution is 5.50. The standard InChI is InChI=1S/C9H12O3/c1-6-3-4-7(5-10)8(11)9(6)12-2/h3-4,10-11H,5H2,1-2H3. The van der Waals surface area contributed by atoms with E-state index in [1.165, 1.54) is 7.11 Å². The van der Waals surface area contributed by atoms with Crippen molar-refractivity contribution in [3.8, 4) is 11.5 Å². The van der Waals surface area contributed by atoms with E-state index in [4.69, 9.17) is 9.84 Å². The van der Waals surface area contributed by atoms with Gasteiger partial charge in [-0.15, -0.1) is 0 Å². The molecule has 0 radical (unpaired) electrons. The molecule has 0 atom stereocenters. The molecule has 0 spiro atoms. The van der Waals surface area contributed by atoms with Gasteiger partial charge in [-0.3, -0.25) is 0 Å². The number of aliphatic hydroxyl groups is 1. The van der Waals surface area contributed by atoms with Crippen LogP contribution in [0, 0.1) is 6.92 Å². The summed E-state index contributed by atoms with van der Waals surface area (Å²) < 4.78 is 4.96. The van der Waals surface area contributed by atoms with Gasteiger partial charge in [-0.2, -0.15) is 0 Å². The van der Waals surface area contributed by atoms with Gasteiger partial charge in [0, 0.05) is 5.56 Å². The van der Waals surface area contributed by atoms with E-state index >= 15 is 0 Å². The first kappa shape index (κ1) is 8.87. The van der Waals surface area contributed by atoms with Crippen molar-refractivity contribution in [1.82, 2.24) is 0 Å². The molecule has 0 unspecified atom stereocenters. The number of hydrogen-bond acceptors (Lipinski definition) is 3. The van der Waals surface area contributed by atoms with Crippen LogP contribution in [-0.4, -0.2) is 17.3 Å². The summed E-state index contributed by atoms with van der Waals surface area (Å²) in [5.74, 6) is 0.460. The highest BCUT2D eigenvalue weighted by atomic mass is 16.5. The Kier molecular flexibility index (Phi) is 2.55. The number of methoxy groups -OCH3 is 1. The second kappa shape index (κ2) is 3.45. The molecule has 0 saturated carbocycles. The molecule has 0 aliphatic rings. The van der Waals surface area contributed by atoms with Gasteiger partial charge in [0.25, 0.3) is 0 Å². The average Bonchev–Trinajstić information content (AvgIpc) is 2.06. The monoisotopic (exact) mass is 168 g/mol. The van der Waals surface area contributed by atoms with Gasteiger partial charge in [0.1, 0.15) is 0 Å². The summed E-state index contributed by atoms with van der Waals surface area (Å²) in [6, 6.07) is 3.47. The Bertz CT molecular complexity index is 281. The minimum Gasteiger partial charge on any atom is -0.504 e. The first-order chi connectivity index (χ1) is 5.70. The van der Waals surface area contributed by atoms with E-state index in [1.807, 2.05) is 6.92 Å². The largest absolute Gasteiger partial charge is 0.504 e. The van der Waals surface area contributed by atoms with E-state index in [-0.39, 0.29) is 12.4 Å². The molecule has 0 amide bonds. The summed E-state index contributed by atoms with van der Waals surface area (Å²) in [7, 11) is 1.49. The van der Waals surface area contributed by atoms with Gasteiger partial charge in [0.15, 0.2) is 11.5 Å². The Labute approximate surface area is 71.2 Å². The molecule has 0 aliphatic carbocycles. The number of benzene rings is 1. The minimum atomic E-state index is -0.178. The third-order valence-corrected chi connectivity index (χ3v) is 1.79. The zero-order valence-electron chi connectivity index (χ0n) is 7.16. The molecule has 0 bridgehead atoms. The molecule has 12 heavy (non-hydrogen) atoms. The zero-order valence-corrected chi connectivity index (χ0v) is 7.16. The van der Waals surface area contributed by atoms with Gasteiger partial charge in [-0.1, -0.05) is 12.1 Å². The number of aromatic hydroxyl groups is 1. The normalized spacial score (nSPS) is 9.92. The van der Waals surface area contributed by atoms with E-state index in [0.29, 0.717) is 11.3 Å². The van der Waals surface area contributed by atoms with Crippen LogP contribution in [0.25, 0.3) is 0 Å². The molecule has 3 heteroatoms. The van der Waals surface area contributed by atoms with Crippen molar-refractivity contribution in [1.29, 1.82) is 0 Å². The van der Waals surface area contributed by atoms with Gasteiger partial charge < -0.3 is 14.9 Å². The lowest BCUT2D eigenvalue weighted by atomic mass is 10.1. The predicted molar refractivity (Wildman–Crippen MR) is 45.3 cm³/mol. The summed E-state index contributed by atoms with van der Waals surface area (Å²) in [4.78, 5) is 0. The van der Waals surface area contributed by atoms with E-state index in [0.717, 1.165) is 5.56 Å². The molecular formula is C9H12O3. The molecule has 2 N–H and O–H groups in total. The van der Waals surface area contributed by atoms with Crippen LogP contribution in [0.5, 0.6) is 11.5 Å². The molecule has 1 aromatic carbocycles. The highest BCUT2D eigenvalue weighted by Crippen LogP contribution is 2.32. The Balaban J connectivity index is 3.24. The molecule has 66 valence electrons. The average molecular weight is 168 g/mol. The van der Waals surface area contributed by atoms with Gasteiger partial charge in [-0.25, -0.2) is 0 Å². The van der Waals surface area contributed by atoms with Crippen molar-refractivity contribution in [2.45, 2.75) is 13.5 Å². The number of phenols is 1. The minimum absolute atomic E-state index is 0.0278. The van der Waals surface area contributed by atoms with Gasteiger partial charge >= 0.3 is 0 Å². The fourth-order valence-corrected chi connectivity index (χ4v) is 1.10. The number of hydrogen-bond donors (Lipinski definition) is 2. The molecular weight excluding hydrogens is 156 g/mol. The van der Waals surface area contributed by atoms with Gasteiger partial charge in [0.2, 0.25) is 0 Å². The van der Waals surface area contributed by atoms with Gasteiger partial charge in [0.05, 0.1) is 13.7 Å². The predicted octanol–water partition coefficient (Wildman–Crippen LogP) is 1.20. The lowest BCUT2D eigenvalue weighted by Gasteiger charge is -2.09. The molecule has 0 fully saturated rings. The first-order valence-corrected chi connectivity index (χ1v) is 3.67. The summed E-state index contributed by atoms with van der Waals surface area (Å²) in [5, 5.41) is 18.3. The van der Waals surface area contributed by atoms with E-state index < -0.39 is 0 Å². The third-order valence-electron chi connectivity index (χ3n) is 1.79. The number of rotatable bonds is 2. The first-order valence-electron chi connectivity index (χ1n) is 3.67.